The van der Waals surface area contributed by atoms with Gasteiger partial charge in [0.05, 0.1) is 0 Å². The van der Waals surface area contributed by atoms with Gasteiger partial charge in [0, 0.05) is 45.6 Å². The van der Waals surface area contributed by atoms with E-state index in [-0.39, 0.29) is 0 Å². The van der Waals surface area contributed by atoms with Gasteiger partial charge in [-0.25, -0.2) is 4.98 Å². The zero-order valence-electron chi connectivity index (χ0n) is 11.4. The van der Waals surface area contributed by atoms with Crippen molar-refractivity contribution in [2.24, 2.45) is 13.0 Å². The number of aryl methyl sites for hydroxylation is 2. The van der Waals surface area contributed by atoms with E-state index in [2.05, 4.69) is 21.8 Å². The van der Waals surface area contributed by atoms with Crippen molar-refractivity contribution in [1.29, 1.82) is 0 Å². The Kier molecular flexibility index (Phi) is 6.22. The first kappa shape index (κ1) is 14.2. The molecule has 1 N–H and O–H groups in total. The van der Waals surface area contributed by atoms with Crippen molar-refractivity contribution in [3.05, 3.63) is 18.2 Å². The van der Waals surface area contributed by atoms with Crippen LogP contribution in [0.25, 0.3) is 0 Å². The summed E-state index contributed by atoms with van der Waals surface area (Å²) in [6.07, 6.45) is 7.15. The molecule has 98 valence electrons. The molecular formula is C13H25N3O. The van der Waals surface area contributed by atoms with Crippen LogP contribution in [-0.2, 0) is 18.2 Å². The maximum absolute atomic E-state index is 5.17. The molecule has 0 fully saturated rings. The molecule has 2 atom stereocenters. The van der Waals surface area contributed by atoms with E-state index in [4.69, 9.17) is 4.74 Å². The summed E-state index contributed by atoms with van der Waals surface area (Å²) in [4.78, 5) is 4.35. The van der Waals surface area contributed by atoms with Gasteiger partial charge in [0.1, 0.15) is 5.82 Å². The zero-order chi connectivity index (χ0) is 12.7. The van der Waals surface area contributed by atoms with E-state index in [1.54, 1.807) is 7.11 Å². The molecule has 1 rings (SSSR count). The van der Waals surface area contributed by atoms with Crippen LogP contribution in [0.4, 0.5) is 0 Å². The quantitative estimate of drug-likeness (QED) is 0.749. The third-order valence-electron chi connectivity index (χ3n) is 3.18. The van der Waals surface area contributed by atoms with E-state index in [1.807, 2.05) is 26.5 Å². The molecule has 1 heterocycles. The van der Waals surface area contributed by atoms with E-state index < -0.39 is 0 Å². The van der Waals surface area contributed by atoms with Crippen LogP contribution in [0.1, 0.15) is 25.6 Å². The van der Waals surface area contributed by atoms with Crippen LogP contribution in [0.2, 0.25) is 0 Å². The van der Waals surface area contributed by atoms with Crippen LogP contribution in [0, 0.1) is 5.92 Å². The first-order chi connectivity index (χ1) is 8.17. The molecular weight excluding hydrogens is 214 g/mol. The molecule has 17 heavy (non-hydrogen) atoms. The zero-order valence-corrected chi connectivity index (χ0v) is 11.4. The Hall–Kier alpha value is -0.870. The Morgan fingerprint density at radius 3 is 2.82 bits per heavy atom. The van der Waals surface area contributed by atoms with Crippen molar-refractivity contribution in [3.8, 4) is 0 Å². The van der Waals surface area contributed by atoms with E-state index in [1.165, 1.54) is 0 Å². The summed E-state index contributed by atoms with van der Waals surface area (Å²) in [5, 5.41) is 3.38. The molecule has 4 nitrogen and oxygen atoms in total. The summed E-state index contributed by atoms with van der Waals surface area (Å²) in [6, 6.07) is 0.539. The van der Waals surface area contributed by atoms with Crippen LogP contribution in [0.3, 0.4) is 0 Å². The molecule has 1 aromatic rings. The fourth-order valence-corrected chi connectivity index (χ4v) is 2.16. The summed E-state index contributed by atoms with van der Waals surface area (Å²) < 4.78 is 7.26. The van der Waals surface area contributed by atoms with E-state index in [9.17, 15) is 0 Å². The summed E-state index contributed by atoms with van der Waals surface area (Å²) >= 11 is 0. The second-order valence-electron chi connectivity index (χ2n) is 4.77. The highest BCUT2D eigenvalue weighted by Gasteiger charge is 2.12. The van der Waals surface area contributed by atoms with Crippen LogP contribution in [0.15, 0.2) is 12.4 Å². The second-order valence-corrected chi connectivity index (χ2v) is 4.77. The van der Waals surface area contributed by atoms with Crippen molar-refractivity contribution in [2.45, 2.75) is 32.2 Å². The second kappa shape index (κ2) is 7.45. The Balaban J connectivity index is 2.34. The minimum Gasteiger partial charge on any atom is -0.384 e. The fourth-order valence-electron chi connectivity index (χ4n) is 2.16. The van der Waals surface area contributed by atoms with E-state index in [0.29, 0.717) is 12.0 Å². The average molecular weight is 239 g/mol. The fraction of sp³-hybridized carbons (Fsp3) is 0.769. The monoisotopic (exact) mass is 239 g/mol. The van der Waals surface area contributed by atoms with E-state index in [0.717, 1.165) is 31.7 Å². The third-order valence-corrected chi connectivity index (χ3v) is 3.18. The Morgan fingerprint density at radius 1 is 1.53 bits per heavy atom. The molecule has 0 amide bonds. The number of hydrogen-bond acceptors (Lipinski definition) is 3. The van der Waals surface area contributed by atoms with Crippen molar-refractivity contribution >= 4 is 0 Å². The molecule has 0 radical (unpaired) electrons. The molecule has 1 aromatic heterocycles. The van der Waals surface area contributed by atoms with Crippen LogP contribution < -0.4 is 5.32 Å². The van der Waals surface area contributed by atoms with Crippen LogP contribution in [0.5, 0.6) is 0 Å². The maximum atomic E-state index is 5.17. The largest absolute Gasteiger partial charge is 0.384 e. The molecule has 2 unspecified atom stereocenters. The number of ether oxygens (including phenoxy) is 1. The predicted molar refractivity (Wildman–Crippen MR) is 70.0 cm³/mol. The number of hydrogen-bond donors (Lipinski definition) is 1. The summed E-state index contributed by atoms with van der Waals surface area (Å²) in [7, 11) is 5.84. The highest BCUT2D eigenvalue weighted by Crippen LogP contribution is 2.11. The molecule has 0 saturated carbocycles. The van der Waals surface area contributed by atoms with Gasteiger partial charge in [0.2, 0.25) is 0 Å². The molecule has 0 saturated heterocycles. The summed E-state index contributed by atoms with van der Waals surface area (Å²) in [5.74, 6) is 1.75. The lowest BCUT2D eigenvalue weighted by atomic mass is 9.99. The van der Waals surface area contributed by atoms with E-state index >= 15 is 0 Å². The van der Waals surface area contributed by atoms with Crippen molar-refractivity contribution in [3.63, 3.8) is 0 Å². The van der Waals surface area contributed by atoms with Gasteiger partial charge >= 0.3 is 0 Å². The van der Waals surface area contributed by atoms with Gasteiger partial charge in [-0.1, -0.05) is 6.92 Å². The molecule has 0 aliphatic heterocycles. The molecule has 0 bridgehead atoms. The van der Waals surface area contributed by atoms with Gasteiger partial charge in [-0.2, -0.15) is 0 Å². The topological polar surface area (TPSA) is 39.1 Å². The third kappa shape index (κ3) is 4.88. The first-order valence-electron chi connectivity index (χ1n) is 6.29. The minimum atomic E-state index is 0.539. The highest BCUT2D eigenvalue weighted by atomic mass is 16.5. The number of methoxy groups -OCH3 is 1. The molecule has 0 aliphatic carbocycles. The normalized spacial score (nSPS) is 14.8. The number of rotatable bonds is 8. The summed E-state index contributed by atoms with van der Waals surface area (Å²) in [6.45, 7) is 3.06. The first-order valence-corrected chi connectivity index (χ1v) is 6.29. The smallest absolute Gasteiger partial charge is 0.108 e. The Labute approximate surface area is 104 Å². The number of aromatic nitrogens is 2. The lowest BCUT2D eigenvalue weighted by molar-refractivity contribution is 0.149. The molecule has 0 spiro atoms. The van der Waals surface area contributed by atoms with Crippen molar-refractivity contribution in [1.82, 2.24) is 14.9 Å². The van der Waals surface area contributed by atoms with Crippen LogP contribution in [-0.4, -0.2) is 36.4 Å². The highest BCUT2D eigenvalue weighted by molar-refractivity contribution is 4.92. The Bertz CT molecular complexity index is 311. The number of nitrogens with one attached hydrogen (secondary N) is 1. The standard InChI is InChI=1S/C13H25N3O/c1-11(10-17-4)9-12(14-2)5-6-13-15-7-8-16(13)3/h7-8,11-12,14H,5-6,9-10H2,1-4H3. The average Bonchev–Trinajstić information content (AvgIpc) is 2.70. The SMILES string of the molecule is CNC(CCc1nccn1C)CC(C)COC. The Morgan fingerprint density at radius 2 is 2.29 bits per heavy atom. The summed E-state index contributed by atoms with van der Waals surface area (Å²) in [5.41, 5.74) is 0. The predicted octanol–water partition coefficient (Wildman–Crippen LogP) is 1.61. The number of nitrogens with zero attached hydrogens (tertiary/aromatic N) is 2. The van der Waals surface area contributed by atoms with Gasteiger partial charge in [-0.05, 0) is 25.8 Å². The lowest BCUT2D eigenvalue weighted by Gasteiger charge is -2.20. The van der Waals surface area contributed by atoms with Crippen molar-refractivity contribution in [2.75, 3.05) is 20.8 Å². The van der Waals surface area contributed by atoms with Gasteiger partial charge < -0.3 is 14.6 Å². The lowest BCUT2D eigenvalue weighted by Crippen LogP contribution is -2.29. The van der Waals surface area contributed by atoms with Crippen molar-refractivity contribution < 1.29 is 4.74 Å². The number of imidazole rings is 1. The van der Waals surface area contributed by atoms with Gasteiger partial charge in [-0.3, -0.25) is 0 Å². The molecule has 4 heteroatoms. The van der Waals surface area contributed by atoms with Crippen LogP contribution >= 0.6 is 0 Å². The van der Waals surface area contributed by atoms with Gasteiger partial charge in [0.15, 0.2) is 0 Å². The minimum absolute atomic E-state index is 0.539. The van der Waals surface area contributed by atoms with Gasteiger partial charge in [-0.15, -0.1) is 0 Å². The maximum Gasteiger partial charge on any atom is 0.108 e. The molecule has 0 aromatic carbocycles. The molecule has 0 aliphatic rings. The van der Waals surface area contributed by atoms with Gasteiger partial charge in [0.25, 0.3) is 0 Å².